The number of fused-ring (bicyclic) bond motifs is 3. The average Bonchev–Trinajstić information content (AvgIpc) is 3.09. The molecule has 0 spiro atoms. The Kier molecular flexibility index (Phi) is 6.09. The summed E-state index contributed by atoms with van der Waals surface area (Å²) >= 11 is 0. The largest absolute Gasteiger partial charge is 0.472 e. The van der Waals surface area contributed by atoms with Gasteiger partial charge in [0.15, 0.2) is 6.73 Å². The van der Waals surface area contributed by atoms with Gasteiger partial charge in [-0.1, -0.05) is 24.3 Å². The number of para-hydroxylation sites is 1. The van der Waals surface area contributed by atoms with Crippen LogP contribution in [0.4, 0.5) is 10.5 Å². The van der Waals surface area contributed by atoms with Crippen molar-refractivity contribution in [3.05, 3.63) is 47.5 Å². The standard InChI is InChI=1S/C27H32N2O6/c1-27(2,3)35-26(31)28-13-18-6-5-7-21(24(18)34-16-28)17-8-11-22(25(30)32-4)23(12-17)29-19-9-10-20(29)15-33-14-19/h5-8,11-12,19-20H,9-10,13-16H2,1-4H3. The van der Waals surface area contributed by atoms with E-state index in [0.29, 0.717) is 25.3 Å². The van der Waals surface area contributed by atoms with Crippen LogP contribution in [0.3, 0.4) is 0 Å². The van der Waals surface area contributed by atoms with Crippen molar-refractivity contribution in [2.24, 2.45) is 0 Å². The van der Waals surface area contributed by atoms with Crippen molar-refractivity contribution in [1.82, 2.24) is 4.90 Å². The van der Waals surface area contributed by atoms with Gasteiger partial charge in [0.1, 0.15) is 11.4 Å². The lowest BCUT2D eigenvalue weighted by atomic mass is 9.97. The van der Waals surface area contributed by atoms with E-state index in [2.05, 4.69) is 11.0 Å². The van der Waals surface area contributed by atoms with Gasteiger partial charge in [0, 0.05) is 11.1 Å². The third kappa shape index (κ3) is 4.55. The summed E-state index contributed by atoms with van der Waals surface area (Å²) in [7, 11) is 1.41. The lowest BCUT2D eigenvalue weighted by molar-refractivity contribution is 0.00248. The van der Waals surface area contributed by atoms with Gasteiger partial charge in [0.2, 0.25) is 0 Å². The predicted octanol–water partition coefficient (Wildman–Crippen LogP) is 4.59. The molecule has 2 saturated heterocycles. The first-order chi connectivity index (χ1) is 16.7. The third-order valence-corrected chi connectivity index (χ3v) is 6.71. The van der Waals surface area contributed by atoms with Crippen LogP contribution < -0.4 is 9.64 Å². The van der Waals surface area contributed by atoms with Gasteiger partial charge in [-0.15, -0.1) is 0 Å². The van der Waals surface area contributed by atoms with Crippen LogP contribution in [0.2, 0.25) is 0 Å². The molecule has 1 amide bonds. The Bertz CT molecular complexity index is 1120. The molecule has 0 aromatic heterocycles. The number of benzene rings is 2. The maximum absolute atomic E-state index is 12.6. The molecular formula is C27H32N2O6. The zero-order valence-corrected chi connectivity index (χ0v) is 20.7. The fraction of sp³-hybridized carbons (Fsp3) is 0.481. The number of nitrogens with zero attached hydrogens (tertiary/aromatic N) is 2. The molecule has 2 aromatic carbocycles. The fourth-order valence-corrected chi connectivity index (χ4v) is 5.16. The Morgan fingerprint density at radius 2 is 1.80 bits per heavy atom. The summed E-state index contributed by atoms with van der Waals surface area (Å²) in [6.45, 7) is 7.36. The van der Waals surface area contributed by atoms with Crippen LogP contribution in [-0.2, 0) is 20.8 Å². The minimum atomic E-state index is -0.574. The molecule has 3 aliphatic rings. The van der Waals surface area contributed by atoms with Gasteiger partial charge in [0.25, 0.3) is 0 Å². The molecule has 0 N–H and O–H groups in total. The summed E-state index contributed by atoms with van der Waals surface area (Å²) in [6, 6.07) is 12.2. The Balaban J connectivity index is 1.49. The molecule has 3 heterocycles. The molecule has 0 saturated carbocycles. The van der Waals surface area contributed by atoms with E-state index in [9.17, 15) is 9.59 Å². The molecule has 0 radical (unpaired) electrons. The van der Waals surface area contributed by atoms with E-state index in [1.54, 1.807) is 4.90 Å². The number of carbonyl (C=O) groups excluding carboxylic acids is 2. The lowest BCUT2D eigenvalue weighted by Crippen LogP contribution is -2.46. The van der Waals surface area contributed by atoms with Gasteiger partial charge >= 0.3 is 12.1 Å². The van der Waals surface area contributed by atoms with Crippen LogP contribution in [0, 0.1) is 0 Å². The third-order valence-electron chi connectivity index (χ3n) is 6.71. The lowest BCUT2D eigenvalue weighted by Gasteiger charge is -2.37. The fourth-order valence-electron chi connectivity index (χ4n) is 5.16. The van der Waals surface area contributed by atoms with Crippen LogP contribution in [-0.4, -0.2) is 61.7 Å². The van der Waals surface area contributed by atoms with Gasteiger partial charge < -0.3 is 23.8 Å². The monoisotopic (exact) mass is 480 g/mol. The van der Waals surface area contributed by atoms with Crippen molar-refractivity contribution in [3.63, 3.8) is 0 Å². The van der Waals surface area contributed by atoms with Crippen LogP contribution in [0.1, 0.15) is 49.5 Å². The van der Waals surface area contributed by atoms with Gasteiger partial charge in [-0.05, 0) is 51.3 Å². The minimum absolute atomic E-state index is 0.111. The molecular weight excluding hydrogens is 448 g/mol. The van der Waals surface area contributed by atoms with E-state index in [-0.39, 0.29) is 24.8 Å². The molecule has 35 heavy (non-hydrogen) atoms. The quantitative estimate of drug-likeness (QED) is 0.595. The van der Waals surface area contributed by atoms with Crippen molar-refractivity contribution >= 4 is 17.7 Å². The maximum atomic E-state index is 12.6. The van der Waals surface area contributed by atoms with E-state index in [1.165, 1.54) is 7.11 Å². The van der Waals surface area contributed by atoms with Crippen molar-refractivity contribution in [2.75, 3.05) is 32.0 Å². The zero-order chi connectivity index (χ0) is 24.7. The molecule has 2 fully saturated rings. The van der Waals surface area contributed by atoms with Crippen LogP contribution >= 0.6 is 0 Å². The Morgan fingerprint density at radius 1 is 1.06 bits per heavy atom. The summed E-state index contributed by atoms with van der Waals surface area (Å²) in [5, 5.41) is 0. The van der Waals surface area contributed by atoms with E-state index >= 15 is 0 Å². The first-order valence-corrected chi connectivity index (χ1v) is 12.1. The number of methoxy groups -OCH3 is 1. The second-order valence-corrected chi connectivity index (χ2v) is 10.3. The topological polar surface area (TPSA) is 77.5 Å². The Morgan fingerprint density at radius 3 is 2.49 bits per heavy atom. The number of hydrogen-bond donors (Lipinski definition) is 0. The van der Waals surface area contributed by atoms with Gasteiger partial charge in [-0.3, -0.25) is 4.90 Å². The molecule has 2 atom stereocenters. The molecule has 186 valence electrons. The van der Waals surface area contributed by atoms with E-state index in [0.717, 1.165) is 41.0 Å². The van der Waals surface area contributed by atoms with Crippen molar-refractivity contribution in [2.45, 2.75) is 57.8 Å². The van der Waals surface area contributed by atoms with Crippen molar-refractivity contribution in [1.29, 1.82) is 0 Å². The second-order valence-electron chi connectivity index (χ2n) is 10.3. The molecule has 0 aliphatic carbocycles. The summed E-state index contributed by atoms with van der Waals surface area (Å²) in [4.78, 5) is 29.1. The van der Waals surface area contributed by atoms with E-state index < -0.39 is 11.7 Å². The van der Waals surface area contributed by atoms with E-state index in [1.807, 2.05) is 51.1 Å². The molecule has 2 bridgehead atoms. The Labute approximate surface area is 205 Å². The van der Waals surface area contributed by atoms with Gasteiger partial charge in [-0.2, -0.15) is 0 Å². The van der Waals surface area contributed by atoms with Gasteiger partial charge in [0.05, 0.1) is 50.2 Å². The predicted molar refractivity (Wildman–Crippen MR) is 131 cm³/mol. The molecule has 8 heteroatoms. The molecule has 2 aromatic rings. The van der Waals surface area contributed by atoms with Crippen molar-refractivity contribution in [3.8, 4) is 16.9 Å². The number of amides is 1. The van der Waals surface area contributed by atoms with Crippen LogP contribution in [0.15, 0.2) is 36.4 Å². The first-order valence-electron chi connectivity index (χ1n) is 12.1. The second kappa shape index (κ2) is 9.07. The number of rotatable bonds is 3. The highest BCUT2D eigenvalue weighted by atomic mass is 16.6. The number of anilines is 1. The number of morpholine rings is 1. The number of ether oxygens (including phenoxy) is 4. The van der Waals surface area contributed by atoms with Gasteiger partial charge in [-0.25, -0.2) is 9.59 Å². The normalized spacial score (nSPS) is 21.3. The molecule has 2 unspecified atom stereocenters. The summed E-state index contributed by atoms with van der Waals surface area (Å²) in [5.74, 6) is 0.394. The average molecular weight is 481 g/mol. The highest BCUT2D eigenvalue weighted by molar-refractivity contribution is 5.97. The molecule has 8 nitrogen and oxygen atoms in total. The van der Waals surface area contributed by atoms with Crippen LogP contribution in [0.25, 0.3) is 11.1 Å². The summed E-state index contributed by atoms with van der Waals surface area (Å²) in [6.07, 6.45) is 1.68. The summed E-state index contributed by atoms with van der Waals surface area (Å²) < 4.78 is 22.5. The highest BCUT2D eigenvalue weighted by Gasteiger charge is 2.39. The molecule has 3 aliphatic heterocycles. The number of esters is 1. The van der Waals surface area contributed by atoms with Crippen LogP contribution in [0.5, 0.6) is 5.75 Å². The SMILES string of the molecule is COC(=O)c1ccc(-c2cccc3c2OCN(C(=O)OC(C)(C)C)C3)cc1N1C2CCC1COC2. The zero-order valence-electron chi connectivity index (χ0n) is 20.7. The first kappa shape index (κ1) is 23.5. The smallest absolute Gasteiger partial charge is 0.413 e. The minimum Gasteiger partial charge on any atom is -0.472 e. The van der Waals surface area contributed by atoms with E-state index in [4.69, 9.17) is 18.9 Å². The molecule has 5 rings (SSSR count). The summed E-state index contributed by atoms with van der Waals surface area (Å²) in [5.41, 5.74) is 3.62. The maximum Gasteiger partial charge on any atom is 0.413 e. The number of carbonyl (C=O) groups is 2. The van der Waals surface area contributed by atoms with Crippen molar-refractivity contribution < 1.29 is 28.5 Å². The number of hydrogen-bond acceptors (Lipinski definition) is 7. The highest BCUT2D eigenvalue weighted by Crippen LogP contribution is 2.41. The Hall–Kier alpha value is -3.26.